The SMILES string of the molecule is CCCCCNCC(C)c1ccccc1.Cl. The van der Waals surface area contributed by atoms with Gasteiger partial charge < -0.3 is 5.32 Å². The predicted molar refractivity (Wildman–Crippen MR) is 74.5 cm³/mol. The van der Waals surface area contributed by atoms with Gasteiger partial charge in [-0.25, -0.2) is 0 Å². The summed E-state index contributed by atoms with van der Waals surface area (Å²) in [6.07, 6.45) is 3.95. The maximum absolute atomic E-state index is 3.52. The largest absolute Gasteiger partial charge is 0.316 e. The van der Waals surface area contributed by atoms with Crippen LogP contribution < -0.4 is 5.32 Å². The molecule has 0 fully saturated rings. The molecule has 0 radical (unpaired) electrons. The molecule has 1 rings (SSSR count). The molecule has 92 valence electrons. The lowest BCUT2D eigenvalue weighted by Gasteiger charge is -2.12. The number of hydrogen-bond donors (Lipinski definition) is 1. The normalized spacial score (nSPS) is 11.9. The molecule has 0 aliphatic carbocycles. The fourth-order valence-electron chi connectivity index (χ4n) is 1.72. The van der Waals surface area contributed by atoms with Crippen molar-refractivity contribution in [1.29, 1.82) is 0 Å². The second-order valence-electron chi connectivity index (χ2n) is 4.22. The standard InChI is InChI=1S/C14H23N.ClH/c1-3-4-8-11-15-12-13(2)14-9-6-5-7-10-14;/h5-7,9-10,13,15H,3-4,8,11-12H2,1-2H3;1H. The van der Waals surface area contributed by atoms with Gasteiger partial charge in [0.25, 0.3) is 0 Å². The number of hydrogen-bond acceptors (Lipinski definition) is 1. The monoisotopic (exact) mass is 241 g/mol. The molecule has 0 bridgehead atoms. The maximum atomic E-state index is 3.52. The highest BCUT2D eigenvalue weighted by atomic mass is 35.5. The van der Waals surface area contributed by atoms with Crippen LogP contribution in [0.25, 0.3) is 0 Å². The Kier molecular flexibility index (Phi) is 9.36. The van der Waals surface area contributed by atoms with Crippen LogP contribution >= 0.6 is 12.4 Å². The molecule has 0 amide bonds. The Morgan fingerprint density at radius 1 is 1.12 bits per heavy atom. The molecule has 0 aromatic heterocycles. The van der Waals surface area contributed by atoms with E-state index in [1.807, 2.05) is 0 Å². The van der Waals surface area contributed by atoms with Gasteiger partial charge in [-0.15, -0.1) is 12.4 Å². The molecule has 1 N–H and O–H groups in total. The third kappa shape index (κ3) is 6.14. The molecule has 0 aliphatic rings. The van der Waals surface area contributed by atoms with Crippen molar-refractivity contribution < 1.29 is 0 Å². The van der Waals surface area contributed by atoms with Crippen LogP contribution in [-0.2, 0) is 0 Å². The molecular formula is C14H24ClN. The zero-order chi connectivity index (χ0) is 10.9. The Hall–Kier alpha value is -0.530. The van der Waals surface area contributed by atoms with E-state index in [4.69, 9.17) is 0 Å². The van der Waals surface area contributed by atoms with Crippen molar-refractivity contribution in [2.24, 2.45) is 0 Å². The summed E-state index contributed by atoms with van der Waals surface area (Å²) < 4.78 is 0. The van der Waals surface area contributed by atoms with Crippen LogP contribution in [0.3, 0.4) is 0 Å². The van der Waals surface area contributed by atoms with Crippen molar-refractivity contribution in [2.75, 3.05) is 13.1 Å². The van der Waals surface area contributed by atoms with Crippen molar-refractivity contribution in [2.45, 2.75) is 39.0 Å². The number of benzene rings is 1. The third-order valence-corrected chi connectivity index (χ3v) is 2.78. The first-order chi connectivity index (χ1) is 7.34. The minimum Gasteiger partial charge on any atom is -0.316 e. The van der Waals surface area contributed by atoms with Crippen LogP contribution in [0.1, 0.15) is 44.6 Å². The van der Waals surface area contributed by atoms with Gasteiger partial charge in [0.1, 0.15) is 0 Å². The molecule has 2 heteroatoms. The average molecular weight is 242 g/mol. The molecule has 1 nitrogen and oxygen atoms in total. The Morgan fingerprint density at radius 2 is 1.81 bits per heavy atom. The molecule has 0 spiro atoms. The highest BCUT2D eigenvalue weighted by Crippen LogP contribution is 2.12. The number of halogens is 1. The van der Waals surface area contributed by atoms with Gasteiger partial charge in [-0.1, -0.05) is 57.0 Å². The first-order valence-electron chi connectivity index (χ1n) is 6.10. The van der Waals surface area contributed by atoms with E-state index in [0.717, 1.165) is 13.1 Å². The zero-order valence-electron chi connectivity index (χ0n) is 10.4. The second-order valence-corrected chi connectivity index (χ2v) is 4.22. The molecule has 1 aromatic rings. The summed E-state index contributed by atoms with van der Waals surface area (Å²) >= 11 is 0. The molecule has 1 aromatic carbocycles. The van der Waals surface area contributed by atoms with E-state index in [0.29, 0.717) is 5.92 Å². The minimum absolute atomic E-state index is 0. The lowest BCUT2D eigenvalue weighted by molar-refractivity contribution is 0.578. The summed E-state index contributed by atoms with van der Waals surface area (Å²) in [5.41, 5.74) is 1.43. The van der Waals surface area contributed by atoms with Gasteiger partial charge in [0.05, 0.1) is 0 Å². The van der Waals surface area contributed by atoms with Crippen molar-refractivity contribution in [3.63, 3.8) is 0 Å². The molecule has 16 heavy (non-hydrogen) atoms. The van der Waals surface area contributed by atoms with Gasteiger partial charge in [0.15, 0.2) is 0 Å². The van der Waals surface area contributed by atoms with Gasteiger partial charge in [0, 0.05) is 6.54 Å². The van der Waals surface area contributed by atoms with E-state index >= 15 is 0 Å². The topological polar surface area (TPSA) is 12.0 Å². The van der Waals surface area contributed by atoms with Crippen molar-refractivity contribution in [1.82, 2.24) is 5.32 Å². The van der Waals surface area contributed by atoms with Crippen molar-refractivity contribution in [3.05, 3.63) is 35.9 Å². The van der Waals surface area contributed by atoms with E-state index in [1.165, 1.54) is 24.8 Å². The summed E-state index contributed by atoms with van der Waals surface area (Å²) in [5, 5.41) is 3.52. The third-order valence-electron chi connectivity index (χ3n) is 2.78. The molecule has 0 saturated heterocycles. The quantitative estimate of drug-likeness (QED) is 0.712. The first-order valence-corrected chi connectivity index (χ1v) is 6.10. The van der Waals surface area contributed by atoms with E-state index in [9.17, 15) is 0 Å². The molecule has 0 aliphatic heterocycles. The highest BCUT2D eigenvalue weighted by Gasteiger charge is 2.02. The summed E-state index contributed by atoms with van der Waals surface area (Å²) in [5.74, 6) is 0.618. The molecule has 0 heterocycles. The van der Waals surface area contributed by atoms with Gasteiger partial charge in [0.2, 0.25) is 0 Å². The summed E-state index contributed by atoms with van der Waals surface area (Å²) in [6, 6.07) is 10.7. The Morgan fingerprint density at radius 3 is 2.44 bits per heavy atom. The predicted octanol–water partition coefficient (Wildman–Crippen LogP) is 3.99. The minimum atomic E-state index is 0. The van der Waals surface area contributed by atoms with Gasteiger partial charge in [-0.3, -0.25) is 0 Å². The summed E-state index contributed by atoms with van der Waals surface area (Å²) in [6.45, 7) is 6.77. The molecule has 0 saturated carbocycles. The van der Waals surface area contributed by atoms with Crippen LogP contribution in [0.15, 0.2) is 30.3 Å². The summed E-state index contributed by atoms with van der Waals surface area (Å²) in [7, 11) is 0. The van der Waals surface area contributed by atoms with Crippen LogP contribution in [0, 0.1) is 0 Å². The second kappa shape index (κ2) is 9.68. The van der Waals surface area contributed by atoms with Gasteiger partial charge >= 0.3 is 0 Å². The molecule has 1 atom stereocenters. The van der Waals surface area contributed by atoms with Crippen molar-refractivity contribution in [3.8, 4) is 0 Å². The lowest BCUT2D eigenvalue weighted by atomic mass is 10.0. The Bertz CT molecular complexity index is 248. The first kappa shape index (κ1) is 15.5. The molecular weight excluding hydrogens is 218 g/mol. The van der Waals surface area contributed by atoms with E-state index in [2.05, 4.69) is 49.5 Å². The van der Waals surface area contributed by atoms with Gasteiger partial charge in [-0.2, -0.15) is 0 Å². The zero-order valence-corrected chi connectivity index (χ0v) is 11.2. The van der Waals surface area contributed by atoms with E-state index in [1.54, 1.807) is 0 Å². The fourth-order valence-corrected chi connectivity index (χ4v) is 1.72. The average Bonchev–Trinajstić information content (AvgIpc) is 2.30. The smallest absolute Gasteiger partial charge is 0.00174 e. The highest BCUT2D eigenvalue weighted by molar-refractivity contribution is 5.85. The molecule has 1 unspecified atom stereocenters. The Labute approximate surface area is 106 Å². The summed E-state index contributed by atoms with van der Waals surface area (Å²) in [4.78, 5) is 0. The van der Waals surface area contributed by atoms with Crippen molar-refractivity contribution >= 4 is 12.4 Å². The van der Waals surface area contributed by atoms with E-state index < -0.39 is 0 Å². The maximum Gasteiger partial charge on any atom is 0.00174 e. The number of nitrogens with one attached hydrogen (secondary N) is 1. The van der Waals surface area contributed by atoms with Crippen LogP contribution in [0.2, 0.25) is 0 Å². The van der Waals surface area contributed by atoms with E-state index in [-0.39, 0.29) is 12.4 Å². The number of unbranched alkanes of at least 4 members (excludes halogenated alkanes) is 2. The van der Waals surface area contributed by atoms with Crippen LogP contribution in [0.5, 0.6) is 0 Å². The van der Waals surface area contributed by atoms with Crippen LogP contribution in [0.4, 0.5) is 0 Å². The fraction of sp³-hybridized carbons (Fsp3) is 0.571. The Balaban J connectivity index is 0.00000225. The van der Waals surface area contributed by atoms with Gasteiger partial charge in [-0.05, 0) is 24.4 Å². The lowest BCUT2D eigenvalue weighted by Crippen LogP contribution is -2.21. The van der Waals surface area contributed by atoms with Crippen LogP contribution in [-0.4, -0.2) is 13.1 Å². The number of rotatable bonds is 7.